The van der Waals surface area contributed by atoms with Crippen molar-refractivity contribution in [2.24, 2.45) is 0 Å². The van der Waals surface area contributed by atoms with Crippen molar-refractivity contribution >= 4 is 11.8 Å². The standard InChI is InChI=1S/C13H10O4/c1-16-13(15)12-10(7-8-17-12)11(14)9-5-3-2-4-6-9/h2-8H,1H3. The summed E-state index contributed by atoms with van der Waals surface area (Å²) in [5.74, 6) is -0.990. The minimum absolute atomic E-state index is 0.0682. The first-order valence-corrected chi connectivity index (χ1v) is 4.99. The van der Waals surface area contributed by atoms with Gasteiger partial charge in [0.2, 0.25) is 5.76 Å². The van der Waals surface area contributed by atoms with E-state index in [0.29, 0.717) is 5.56 Å². The van der Waals surface area contributed by atoms with E-state index in [1.54, 1.807) is 24.3 Å². The molecule has 0 bridgehead atoms. The molecule has 2 aromatic rings. The molecule has 0 saturated carbocycles. The number of ether oxygens (including phenoxy) is 1. The summed E-state index contributed by atoms with van der Waals surface area (Å²) in [6.07, 6.45) is 1.29. The van der Waals surface area contributed by atoms with Gasteiger partial charge in [-0.15, -0.1) is 0 Å². The van der Waals surface area contributed by atoms with Crippen LogP contribution in [0.15, 0.2) is 47.1 Å². The number of benzene rings is 1. The van der Waals surface area contributed by atoms with Crippen molar-refractivity contribution in [2.45, 2.75) is 0 Å². The van der Waals surface area contributed by atoms with Gasteiger partial charge >= 0.3 is 5.97 Å². The Hall–Kier alpha value is -2.36. The zero-order valence-corrected chi connectivity index (χ0v) is 9.17. The average Bonchev–Trinajstić information content (AvgIpc) is 2.87. The number of methoxy groups -OCH3 is 1. The quantitative estimate of drug-likeness (QED) is 0.599. The van der Waals surface area contributed by atoms with Crippen LogP contribution >= 0.6 is 0 Å². The maximum Gasteiger partial charge on any atom is 0.374 e. The van der Waals surface area contributed by atoms with Crippen LogP contribution in [0.5, 0.6) is 0 Å². The number of ketones is 1. The molecule has 0 fully saturated rings. The van der Waals surface area contributed by atoms with Gasteiger partial charge in [0.1, 0.15) is 0 Å². The summed E-state index contributed by atoms with van der Waals surface area (Å²) in [5, 5.41) is 0. The number of furan rings is 1. The Bertz CT molecular complexity index is 540. The Balaban J connectivity index is 2.39. The molecular weight excluding hydrogens is 220 g/mol. The Morgan fingerprint density at radius 2 is 1.82 bits per heavy atom. The smallest absolute Gasteiger partial charge is 0.374 e. The summed E-state index contributed by atoms with van der Waals surface area (Å²) < 4.78 is 9.50. The number of carbonyl (C=O) groups excluding carboxylic acids is 2. The molecule has 0 atom stereocenters. The van der Waals surface area contributed by atoms with E-state index in [0.717, 1.165) is 0 Å². The zero-order chi connectivity index (χ0) is 12.3. The molecule has 86 valence electrons. The third-order valence-electron chi connectivity index (χ3n) is 2.32. The predicted molar refractivity (Wildman–Crippen MR) is 59.9 cm³/mol. The molecule has 4 nitrogen and oxygen atoms in total. The molecule has 0 aliphatic rings. The molecule has 1 aromatic heterocycles. The highest BCUT2D eigenvalue weighted by Crippen LogP contribution is 2.16. The number of carbonyl (C=O) groups is 2. The predicted octanol–water partition coefficient (Wildman–Crippen LogP) is 2.30. The van der Waals surface area contributed by atoms with Gasteiger partial charge in [-0.1, -0.05) is 30.3 Å². The summed E-state index contributed by atoms with van der Waals surface area (Å²) in [6, 6.07) is 10.1. The molecule has 0 unspecified atom stereocenters. The fraction of sp³-hybridized carbons (Fsp3) is 0.0769. The average molecular weight is 230 g/mol. The zero-order valence-electron chi connectivity index (χ0n) is 9.17. The van der Waals surface area contributed by atoms with Crippen LogP contribution in [0, 0.1) is 0 Å². The molecule has 0 spiro atoms. The molecule has 0 amide bonds. The number of esters is 1. The lowest BCUT2D eigenvalue weighted by molar-refractivity contribution is 0.0561. The minimum Gasteiger partial charge on any atom is -0.463 e. The van der Waals surface area contributed by atoms with Gasteiger partial charge in [-0.3, -0.25) is 4.79 Å². The van der Waals surface area contributed by atoms with E-state index in [4.69, 9.17) is 4.42 Å². The maximum absolute atomic E-state index is 12.1. The molecule has 0 aliphatic carbocycles. The summed E-state index contributed by atoms with van der Waals surface area (Å²) in [5.41, 5.74) is 0.710. The number of hydrogen-bond donors (Lipinski definition) is 0. The topological polar surface area (TPSA) is 56.5 Å². The van der Waals surface area contributed by atoms with E-state index in [9.17, 15) is 9.59 Å². The second-order valence-electron chi connectivity index (χ2n) is 3.35. The van der Waals surface area contributed by atoms with E-state index in [-0.39, 0.29) is 17.1 Å². The molecule has 0 radical (unpaired) electrons. The van der Waals surface area contributed by atoms with Gasteiger partial charge in [-0.25, -0.2) is 4.79 Å². The molecule has 4 heteroatoms. The van der Waals surface area contributed by atoms with Crippen LogP contribution in [-0.4, -0.2) is 18.9 Å². The summed E-state index contributed by atoms with van der Waals surface area (Å²) in [6.45, 7) is 0. The normalized spacial score (nSPS) is 9.94. The van der Waals surface area contributed by atoms with Crippen LogP contribution in [0.25, 0.3) is 0 Å². The van der Waals surface area contributed by atoms with Gasteiger partial charge in [0.25, 0.3) is 0 Å². The van der Waals surface area contributed by atoms with Crippen LogP contribution in [0.1, 0.15) is 26.5 Å². The summed E-state index contributed by atoms with van der Waals surface area (Å²) >= 11 is 0. The third kappa shape index (κ3) is 2.10. The van der Waals surface area contributed by atoms with Crippen molar-refractivity contribution in [1.29, 1.82) is 0 Å². The SMILES string of the molecule is COC(=O)c1occc1C(=O)c1ccccc1. The lowest BCUT2D eigenvalue weighted by Gasteiger charge is -2.00. The molecule has 2 rings (SSSR count). The van der Waals surface area contributed by atoms with Crippen LogP contribution in [-0.2, 0) is 4.74 Å². The molecule has 17 heavy (non-hydrogen) atoms. The Labute approximate surface area is 97.8 Å². The van der Waals surface area contributed by atoms with Gasteiger partial charge in [-0.2, -0.15) is 0 Å². The van der Waals surface area contributed by atoms with E-state index in [1.807, 2.05) is 6.07 Å². The van der Waals surface area contributed by atoms with Gasteiger partial charge in [-0.05, 0) is 6.07 Å². The highest BCUT2D eigenvalue weighted by Gasteiger charge is 2.22. The summed E-state index contributed by atoms with van der Waals surface area (Å²) in [7, 11) is 1.24. The van der Waals surface area contributed by atoms with Crippen LogP contribution < -0.4 is 0 Å². The Morgan fingerprint density at radius 3 is 2.47 bits per heavy atom. The van der Waals surface area contributed by atoms with Crippen molar-refractivity contribution in [1.82, 2.24) is 0 Å². The summed E-state index contributed by atoms with van der Waals surface area (Å²) in [4.78, 5) is 23.4. The molecule has 1 heterocycles. The van der Waals surface area contributed by atoms with Crippen molar-refractivity contribution in [3.8, 4) is 0 Å². The highest BCUT2D eigenvalue weighted by molar-refractivity contribution is 6.13. The minimum atomic E-state index is -0.658. The Morgan fingerprint density at radius 1 is 1.12 bits per heavy atom. The van der Waals surface area contributed by atoms with Gasteiger partial charge in [0.05, 0.1) is 18.9 Å². The Kier molecular flexibility index (Phi) is 3.05. The third-order valence-corrected chi connectivity index (χ3v) is 2.32. The molecule has 0 N–H and O–H groups in total. The first kappa shape index (κ1) is 11.1. The lowest BCUT2D eigenvalue weighted by atomic mass is 10.0. The van der Waals surface area contributed by atoms with E-state index in [1.165, 1.54) is 19.4 Å². The fourth-order valence-corrected chi connectivity index (χ4v) is 1.48. The number of hydrogen-bond acceptors (Lipinski definition) is 4. The van der Waals surface area contributed by atoms with Gasteiger partial charge in [0.15, 0.2) is 5.78 Å². The highest BCUT2D eigenvalue weighted by atomic mass is 16.5. The van der Waals surface area contributed by atoms with Crippen molar-refractivity contribution in [2.75, 3.05) is 7.11 Å². The van der Waals surface area contributed by atoms with Crippen LogP contribution in [0.3, 0.4) is 0 Å². The molecule has 0 aliphatic heterocycles. The first-order valence-electron chi connectivity index (χ1n) is 4.99. The van der Waals surface area contributed by atoms with Crippen LogP contribution in [0.4, 0.5) is 0 Å². The van der Waals surface area contributed by atoms with E-state index in [2.05, 4.69) is 4.74 Å². The number of rotatable bonds is 3. The van der Waals surface area contributed by atoms with Crippen molar-refractivity contribution < 1.29 is 18.7 Å². The van der Waals surface area contributed by atoms with Crippen LogP contribution in [0.2, 0.25) is 0 Å². The lowest BCUT2D eigenvalue weighted by Crippen LogP contribution is -2.08. The fourth-order valence-electron chi connectivity index (χ4n) is 1.48. The van der Waals surface area contributed by atoms with Crippen molar-refractivity contribution in [3.63, 3.8) is 0 Å². The second kappa shape index (κ2) is 4.65. The monoisotopic (exact) mass is 230 g/mol. The van der Waals surface area contributed by atoms with E-state index < -0.39 is 5.97 Å². The van der Waals surface area contributed by atoms with Gasteiger partial charge < -0.3 is 9.15 Å². The van der Waals surface area contributed by atoms with Gasteiger partial charge in [0, 0.05) is 5.56 Å². The van der Waals surface area contributed by atoms with Crippen molar-refractivity contribution in [3.05, 3.63) is 59.5 Å². The maximum atomic E-state index is 12.1. The molecular formula is C13H10O4. The second-order valence-corrected chi connectivity index (χ2v) is 3.35. The molecule has 0 saturated heterocycles. The first-order chi connectivity index (χ1) is 8.24. The largest absolute Gasteiger partial charge is 0.463 e. The molecule has 1 aromatic carbocycles. The van der Waals surface area contributed by atoms with E-state index >= 15 is 0 Å².